The van der Waals surface area contributed by atoms with Crippen LogP contribution in [0.5, 0.6) is 11.5 Å². The van der Waals surface area contributed by atoms with Gasteiger partial charge in [-0.1, -0.05) is 51.8 Å². The topological polar surface area (TPSA) is 9.23 Å². The Kier molecular flexibility index (Phi) is 4.39. The highest BCUT2D eigenvalue weighted by atomic mass is 79.9. The summed E-state index contributed by atoms with van der Waals surface area (Å²) in [5, 5.41) is 2.67. The van der Waals surface area contributed by atoms with Crippen LogP contribution >= 0.6 is 39.1 Å². The Morgan fingerprint density at radius 3 is 2.38 bits per heavy atom. The SMILES string of the molecule is ClCc1cc(Br)ccc1Oc1ccc(Cl)c2ccccc12. The van der Waals surface area contributed by atoms with Crippen LogP contribution in [0.4, 0.5) is 0 Å². The van der Waals surface area contributed by atoms with Crippen LogP contribution in [-0.2, 0) is 5.88 Å². The molecule has 0 unspecified atom stereocenters. The summed E-state index contributed by atoms with van der Waals surface area (Å²) in [5.41, 5.74) is 0.935. The Hall–Kier alpha value is -1.22. The van der Waals surface area contributed by atoms with Crippen LogP contribution in [-0.4, -0.2) is 0 Å². The van der Waals surface area contributed by atoms with Crippen molar-refractivity contribution < 1.29 is 4.74 Å². The van der Waals surface area contributed by atoms with Crippen molar-refractivity contribution >= 4 is 49.9 Å². The van der Waals surface area contributed by atoms with Crippen molar-refractivity contribution in [2.45, 2.75) is 5.88 Å². The quantitative estimate of drug-likeness (QED) is 0.454. The molecule has 0 N–H and O–H groups in total. The molecule has 0 aliphatic rings. The normalized spacial score (nSPS) is 10.8. The first-order valence-electron chi connectivity index (χ1n) is 6.38. The Bertz CT molecular complexity index is 802. The number of alkyl halides is 1. The van der Waals surface area contributed by atoms with Crippen molar-refractivity contribution in [3.05, 3.63) is 69.7 Å². The maximum atomic E-state index is 6.23. The number of ether oxygens (including phenoxy) is 1. The Morgan fingerprint density at radius 2 is 1.62 bits per heavy atom. The monoisotopic (exact) mass is 380 g/mol. The minimum atomic E-state index is 0.389. The molecule has 0 heterocycles. The molecule has 106 valence electrons. The summed E-state index contributed by atoms with van der Waals surface area (Å²) in [6, 6.07) is 17.4. The molecule has 0 radical (unpaired) electrons. The molecule has 0 aliphatic carbocycles. The van der Waals surface area contributed by atoms with Crippen LogP contribution in [0, 0.1) is 0 Å². The largest absolute Gasteiger partial charge is 0.456 e. The molecule has 0 fully saturated rings. The van der Waals surface area contributed by atoms with Gasteiger partial charge in [0.15, 0.2) is 0 Å². The molecule has 0 atom stereocenters. The number of halogens is 3. The molecule has 1 nitrogen and oxygen atoms in total. The molecule has 0 spiro atoms. The molecule has 4 heteroatoms. The predicted octanol–water partition coefficient (Wildman–Crippen LogP) is 6.79. The third-order valence-electron chi connectivity index (χ3n) is 3.22. The van der Waals surface area contributed by atoms with Crippen molar-refractivity contribution in [3.63, 3.8) is 0 Å². The van der Waals surface area contributed by atoms with E-state index in [-0.39, 0.29) is 0 Å². The van der Waals surface area contributed by atoms with Gasteiger partial charge in [0.25, 0.3) is 0 Å². The van der Waals surface area contributed by atoms with Crippen molar-refractivity contribution in [2.24, 2.45) is 0 Å². The second-order valence-electron chi connectivity index (χ2n) is 4.58. The van der Waals surface area contributed by atoms with E-state index in [1.165, 1.54) is 0 Å². The fraction of sp³-hybridized carbons (Fsp3) is 0.0588. The van der Waals surface area contributed by atoms with E-state index < -0.39 is 0 Å². The van der Waals surface area contributed by atoms with Crippen molar-refractivity contribution in [2.75, 3.05) is 0 Å². The standard InChI is InChI=1S/C17H11BrCl2O/c18-12-5-7-16(11(9-12)10-19)21-17-8-6-15(20)13-3-1-2-4-14(13)17/h1-9H,10H2. The highest BCUT2D eigenvalue weighted by molar-refractivity contribution is 9.10. The molecule has 0 aliphatic heterocycles. The lowest BCUT2D eigenvalue weighted by atomic mass is 10.1. The molecular formula is C17H11BrCl2O. The summed E-state index contributed by atoms with van der Waals surface area (Å²) in [6.07, 6.45) is 0. The average Bonchev–Trinajstić information content (AvgIpc) is 2.52. The zero-order valence-electron chi connectivity index (χ0n) is 10.9. The van der Waals surface area contributed by atoms with Crippen molar-refractivity contribution in [1.82, 2.24) is 0 Å². The molecular weight excluding hydrogens is 371 g/mol. The van der Waals surface area contributed by atoms with E-state index in [1.54, 1.807) is 0 Å². The van der Waals surface area contributed by atoms with Gasteiger partial charge in [0.2, 0.25) is 0 Å². The maximum Gasteiger partial charge on any atom is 0.135 e. The van der Waals surface area contributed by atoms with E-state index in [4.69, 9.17) is 27.9 Å². The molecule has 3 aromatic rings. The maximum absolute atomic E-state index is 6.23. The van der Waals surface area contributed by atoms with Gasteiger partial charge in [-0.3, -0.25) is 0 Å². The van der Waals surface area contributed by atoms with Gasteiger partial charge in [0.05, 0.1) is 5.88 Å². The first-order valence-corrected chi connectivity index (χ1v) is 8.09. The Balaban J connectivity index is 2.09. The van der Waals surface area contributed by atoms with E-state index in [1.807, 2.05) is 54.6 Å². The van der Waals surface area contributed by atoms with Gasteiger partial charge in [-0.25, -0.2) is 0 Å². The van der Waals surface area contributed by atoms with E-state index >= 15 is 0 Å². The number of hydrogen-bond acceptors (Lipinski definition) is 1. The number of hydrogen-bond donors (Lipinski definition) is 0. The molecule has 3 aromatic carbocycles. The van der Waals surface area contributed by atoms with Crippen molar-refractivity contribution in [1.29, 1.82) is 0 Å². The number of benzene rings is 3. The van der Waals surface area contributed by atoms with Crippen LogP contribution in [0.1, 0.15) is 5.56 Å². The minimum Gasteiger partial charge on any atom is -0.456 e. The number of rotatable bonds is 3. The zero-order chi connectivity index (χ0) is 14.8. The lowest BCUT2D eigenvalue weighted by molar-refractivity contribution is 0.484. The lowest BCUT2D eigenvalue weighted by Crippen LogP contribution is -1.91. The Labute approximate surface area is 141 Å². The van der Waals surface area contributed by atoms with Gasteiger partial charge in [-0.05, 0) is 30.3 Å². The summed E-state index contributed by atoms with van der Waals surface area (Å²) < 4.78 is 7.04. The third-order valence-corrected chi connectivity index (χ3v) is 4.33. The summed E-state index contributed by atoms with van der Waals surface area (Å²) in [6.45, 7) is 0. The highest BCUT2D eigenvalue weighted by Gasteiger charge is 2.09. The van der Waals surface area contributed by atoms with Crippen LogP contribution in [0.15, 0.2) is 59.1 Å². The number of fused-ring (bicyclic) bond motifs is 1. The zero-order valence-corrected chi connectivity index (χ0v) is 14.0. The summed E-state index contributed by atoms with van der Waals surface area (Å²) in [5.74, 6) is 1.91. The first-order chi connectivity index (χ1) is 10.2. The van der Waals surface area contributed by atoms with Crippen LogP contribution in [0.25, 0.3) is 10.8 Å². The molecule has 21 heavy (non-hydrogen) atoms. The lowest BCUT2D eigenvalue weighted by Gasteiger charge is -2.13. The summed E-state index contributed by atoms with van der Waals surface area (Å²) in [4.78, 5) is 0. The van der Waals surface area contributed by atoms with E-state index in [2.05, 4.69) is 15.9 Å². The van der Waals surface area contributed by atoms with Gasteiger partial charge < -0.3 is 4.74 Å². The van der Waals surface area contributed by atoms with E-state index in [0.717, 1.165) is 32.3 Å². The van der Waals surface area contributed by atoms with Crippen LogP contribution in [0.3, 0.4) is 0 Å². The van der Waals surface area contributed by atoms with E-state index in [0.29, 0.717) is 10.9 Å². The molecule has 0 bridgehead atoms. The Morgan fingerprint density at radius 1 is 0.905 bits per heavy atom. The molecule has 3 rings (SSSR count). The van der Waals surface area contributed by atoms with Gasteiger partial charge in [-0.15, -0.1) is 11.6 Å². The molecule has 0 saturated heterocycles. The van der Waals surface area contributed by atoms with Gasteiger partial charge in [0.1, 0.15) is 11.5 Å². The van der Waals surface area contributed by atoms with Crippen LogP contribution < -0.4 is 4.74 Å². The summed E-state index contributed by atoms with van der Waals surface area (Å²) >= 11 is 15.7. The fourth-order valence-corrected chi connectivity index (χ4v) is 3.04. The predicted molar refractivity (Wildman–Crippen MR) is 92.7 cm³/mol. The smallest absolute Gasteiger partial charge is 0.135 e. The van der Waals surface area contributed by atoms with Crippen LogP contribution in [0.2, 0.25) is 5.02 Å². The third kappa shape index (κ3) is 3.03. The first kappa shape index (κ1) is 14.7. The van der Waals surface area contributed by atoms with Gasteiger partial charge >= 0.3 is 0 Å². The average molecular weight is 382 g/mol. The fourth-order valence-electron chi connectivity index (χ4n) is 2.19. The second kappa shape index (κ2) is 6.27. The highest BCUT2D eigenvalue weighted by Crippen LogP contribution is 2.36. The molecule has 0 aromatic heterocycles. The molecule has 0 amide bonds. The van der Waals surface area contributed by atoms with Gasteiger partial charge in [0, 0.05) is 25.8 Å². The van der Waals surface area contributed by atoms with Gasteiger partial charge in [-0.2, -0.15) is 0 Å². The second-order valence-corrected chi connectivity index (χ2v) is 6.17. The van der Waals surface area contributed by atoms with Crippen molar-refractivity contribution in [3.8, 4) is 11.5 Å². The molecule has 0 saturated carbocycles. The van der Waals surface area contributed by atoms with E-state index in [9.17, 15) is 0 Å². The minimum absolute atomic E-state index is 0.389. The summed E-state index contributed by atoms with van der Waals surface area (Å²) in [7, 11) is 0.